The maximum atomic E-state index is 3.90. The van der Waals surface area contributed by atoms with Crippen molar-refractivity contribution < 1.29 is 0 Å². The van der Waals surface area contributed by atoms with E-state index in [1.807, 2.05) is 0 Å². The van der Waals surface area contributed by atoms with Crippen LogP contribution in [0.25, 0.3) is 0 Å². The molecule has 18 heavy (non-hydrogen) atoms. The van der Waals surface area contributed by atoms with E-state index in [9.17, 15) is 0 Å². The maximum absolute atomic E-state index is 3.90. The zero-order chi connectivity index (χ0) is 12.6. The highest BCUT2D eigenvalue weighted by atomic mass is 14.9. The summed E-state index contributed by atoms with van der Waals surface area (Å²) in [5, 5.41) is 3.90. The van der Waals surface area contributed by atoms with Gasteiger partial charge in [0.1, 0.15) is 0 Å². The highest BCUT2D eigenvalue weighted by molar-refractivity contribution is 4.86. The summed E-state index contributed by atoms with van der Waals surface area (Å²) in [7, 11) is 0. The largest absolute Gasteiger partial charge is 0.314 e. The van der Waals surface area contributed by atoms with Crippen LogP contribution in [0.1, 0.15) is 84.0 Å². The zero-order valence-corrected chi connectivity index (χ0v) is 12.4. The van der Waals surface area contributed by atoms with Crippen LogP contribution >= 0.6 is 0 Å². The van der Waals surface area contributed by atoms with Crippen molar-refractivity contribution in [2.45, 2.75) is 90.0 Å². The Morgan fingerprint density at radius 3 is 2.33 bits per heavy atom. The first kappa shape index (κ1) is 14.4. The topological polar surface area (TPSA) is 12.0 Å². The number of nitrogens with one attached hydrogen (secondary N) is 1. The summed E-state index contributed by atoms with van der Waals surface area (Å²) in [5.41, 5.74) is 0. The van der Waals surface area contributed by atoms with Crippen LogP contribution in [0.4, 0.5) is 0 Å². The molecule has 0 radical (unpaired) electrons. The molecule has 0 saturated heterocycles. The van der Waals surface area contributed by atoms with Crippen LogP contribution in [0.15, 0.2) is 0 Å². The van der Waals surface area contributed by atoms with Crippen LogP contribution in [0.5, 0.6) is 0 Å². The van der Waals surface area contributed by atoms with Gasteiger partial charge in [0.25, 0.3) is 0 Å². The van der Waals surface area contributed by atoms with Crippen LogP contribution in [0.2, 0.25) is 0 Å². The normalized spacial score (nSPS) is 30.5. The molecule has 2 aliphatic carbocycles. The molecule has 2 rings (SSSR count). The van der Waals surface area contributed by atoms with Gasteiger partial charge in [-0.3, -0.25) is 0 Å². The quantitative estimate of drug-likeness (QED) is 0.662. The Kier molecular flexibility index (Phi) is 6.54. The van der Waals surface area contributed by atoms with E-state index >= 15 is 0 Å². The lowest BCUT2D eigenvalue weighted by atomic mass is 9.71. The summed E-state index contributed by atoms with van der Waals surface area (Å²) in [6, 6.07) is 0.860. The van der Waals surface area contributed by atoms with Gasteiger partial charge >= 0.3 is 0 Å². The van der Waals surface area contributed by atoms with Gasteiger partial charge in [0.15, 0.2) is 0 Å². The lowest BCUT2D eigenvalue weighted by molar-refractivity contribution is 0.150. The average Bonchev–Trinajstić information content (AvgIpc) is 2.45. The molecule has 1 N–H and O–H groups in total. The van der Waals surface area contributed by atoms with Crippen LogP contribution in [-0.2, 0) is 0 Å². The molecule has 2 unspecified atom stereocenters. The first-order valence-electron chi connectivity index (χ1n) is 8.65. The summed E-state index contributed by atoms with van der Waals surface area (Å²) in [4.78, 5) is 0. The van der Waals surface area contributed by atoms with Crippen LogP contribution in [0.3, 0.4) is 0 Å². The van der Waals surface area contributed by atoms with Crippen molar-refractivity contribution in [2.75, 3.05) is 6.54 Å². The standard InChI is InChI=1S/C17H33N/c1-2-3-9-14-18-17-13-8-7-12-16(17)15-10-5-4-6-11-15/h15-18H,2-14H2,1H3. The van der Waals surface area contributed by atoms with Gasteiger partial charge in [0.05, 0.1) is 0 Å². The van der Waals surface area contributed by atoms with Gasteiger partial charge in [-0.05, 0) is 37.6 Å². The van der Waals surface area contributed by atoms with Crippen molar-refractivity contribution >= 4 is 0 Å². The Labute approximate surface area is 114 Å². The summed E-state index contributed by atoms with van der Waals surface area (Å²) in [6.07, 6.45) is 17.6. The van der Waals surface area contributed by atoms with Crippen molar-refractivity contribution in [1.82, 2.24) is 5.32 Å². The van der Waals surface area contributed by atoms with Crippen molar-refractivity contribution in [2.24, 2.45) is 11.8 Å². The molecular formula is C17H33N. The Hall–Kier alpha value is -0.0400. The molecule has 2 aliphatic rings. The fourth-order valence-corrected chi connectivity index (χ4v) is 4.20. The second-order valence-electron chi connectivity index (χ2n) is 6.61. The minimum absolute atomic E-state index is 0.860. The highest BCUT2D eigenvalue weighted by Crippen LogP contribution is 2.38. The van der Waals surface area contributed by atoms with E-state index in [0.29, 0.717) is 0 Å². The number of hydrogen-bond acceptors (Lipinski definition) is 1. The minimum atomic E-state index is 0.860. The van der Waals surface area contributed by atoms with E-state index in [2.05, 4.69) is 12.2 Å². The predicted molar refractivity (Wildman–Crippen MR) is 79.8 cm³/mol. The van der Waals surface area contributed by atoms with E-state index in [-0.39, 0.29) is 0 Å². The lowest BCUT2D eigenvalue weighted by Gasteiger charge is -2.39. The monoisotopic (exact) mass is 251 g/mol. The molecule has 2 saturated carbocycles. The average molecular weight is 251 g/mol. The van der Waals surface area contributed by atoms with Gasteiger partial charge in [-0.1, -0.05) is 64.7 Å². The fraction of sp³-hybridized carbons (Fsp3) is 1.00. The summed E-state index contributed by atoms with van der Waals surface area (Å²) < 4.78 is 0. The van der Waals surface area contributed by atoms with Crippen molar-refractivity contribution in [3.63, 3.8) is 0 Å². The van der Waals surface area contributed by atoms with Crippen molar-refractivity contribution in [3.05, 3.63) is 0 Å². The molecule has 0 aliphatic heterocycles. The molecule has 1 nitrogen and oxygen atoms in total. The molecule has 1 heteroatoms. The number of unbranched alkanes of at least 4 members (excludes halogenated alkanes) is 2. The van der Waals surface area contributed by atoms with Gasteiger partial charge in [-0.25, -0.2) is 0 Å². The second kappa shape index (κ2) is 8.19. The van der Waals surface area contributed by atoms with Crippen LogP contribution in [-0.4, -0.2) is 12.6 Å². The summed E-state index contributed by atoms with van der Waals surface area (Å²) >= 11 is 0. The Morgan fingerprint density at radius 1 is 0.833 bits per heavy atom. The first-order chi connectivity index (χ1) is 8.92. The number of hydrogen-bond donors (Lipinski definition) is 1. The molecule has 2 fully saturated rings. The van der Waals surface area contributed by atoms with E-state index in [1.165, 1.54) is 83.6 Å². The fourth-order valence-electron chi connectivity index (χ4n) is 4.20. The number of rotatable bonds is 6. The van der Waals surface area contributed by atoms with Gasteiger partial charge < -0.3 is 5.32 Å². The third-order valence-electron chi connectivity index (χ3n) is 5.26. The lowest BCUT2D eigenvalue weighted by Crippen LogP contribution is -2.42. The van der Waals surface area contributed by atoms with E-state index in [1.54, 1.807) is 0 Å². The maximum Gasteiger partial charge on any atom is 0.00979 e. The third-order valence-corrected chi connectivity index (χ3v) is 5.26. The van der Waals surface area contributed by atoms with E-state index in [4.69, 9.17) is 0 Å². The van der Waals surface area contributed by atoms with Crippen LogP contribution in [0, 0.1) is 11.8 Å². The van der Waals surface area contributed by atoms with E-state index < -0.39 is 0 Å². The molecule has 0 bridgehead atoms. The molecular weight excluding hydrogens is 218 g/mol. The second-order valence-corrected chi connectivity index (χ2v) is 6.61. The molecule has 106 valence electrons. The SMILES string of the molecule is CCCCCNC1CCCCC1C1CCCCC1. The van der Waals surface area contributed by atoms with E-state index in [0.717, 1.165) is 17.9 Å². The van der Waals surface area contributed by atoms with Gasteiger partial charge in [-0.15, -0.1) is 0 Å². The molecule has 0 amide bonds. The molecule has 0 aromatic heterocycles. The Morgan fingerprint density at radius 2 is 1.56 bits per heavy atom. The first-order valence-corrected chi connectivity index (χ1v) is 8.65. The van der Waals surface area contributed by atoms with Gasteiger partial charge in [-0.2, -0.15) is 0 Å². The van der Waals surface area contributed by atoms with Crippen LogP contribution < -0.4 is 5.32 Å². The molecule has 0 aromatic carbocycles. The minimum Gasteiger partial charge on any atom is -0.314 e. The molecule has 2 atom stereocenters. The zero-order valence-electron chi connectivity index (χ0n) is 12.4. The smallest absolute Gasteiger partial charge is 0.00979 e. The Bertz CT molecular complexity index is 208. The summed E-state index contributed by atoms with van der Waals surface area (Å²) in [5.74, 6) is 2.07. The summed E-state index contributed by atoms with van der Waals surface area (Å²) in [6.45, 7) is 3.56. The molecule has 0 spiro atoms. The Balaban J connectivity index is 1.77. The van der Waals surface area contributed by atoms with Gasteiger partial charge in [0.2, 0.25) is 0 Å². The van der Waals surface area contributed by atoms with Crippen molar-refractivity contribution in [1.29, 1.82) is 0 Å². The van der Waals surface area contributed by atoms with Gasteiger partial charge in [0, 0.05) is 6.04 Å². The predicted octanol–water partition coefficient (Wildman–Crippen LogP) is 4.91. The van der Waals surface area contributed by atoms with Crippen molar-refractivity contribution in [3.8, 4) is 0 Å². The molecule has 0 aromatic rings. The third kappa shape index (κ3) is 4.26. The molecule has 0 heterocycles. The highest BCUT2D eigenvalue weighted by Gasteiger charge is 2.31.